The van der Waals surface area contributed by atoms with Crippen LogP contribution in [0.5, 0.6) is 0 Å². The molecule has 42 heavy (non-hydrogen) atoms. The quantitative estimate of drug-likeness (QED) is 0.381. The average Bonchev–Trinajstić information content (AvgIpc) is 2.95. The molecule has 0 aromatic heterocycles. The number of carbonyl (C=O) groups is 4. The molecule has 1 saturated heterocycles. The van der Waals surface area contributed by atoms with Crippen LogP contribution in [0, 0.1) is 11.6 Å². The molecule has 2 heterocycles. The van der Waals surface area contributed by atoms with Crippen molar-refractivity contribution in [1.29, 1.82) is 0 Å². The summed E-state index contributed by atoms with van der Waals surface area (Å²) in [5.41, 5.74) is -1.65. The smallest absolute Gasteiger partial charge is 0.336 e. The number of hydrogen-bond acceptors (Lipinski definition) is 6. The van der Waals surface area contributed by atoms with Gasteiger partial charge in [-0.25, -0.2) is 18.4 Å². The summed E-state index contributed by atoms with van der Waals surface area (Å²) in [6.07, 6.45) is -0.0253. The zero-order valence-electron chi connectivity index (χ0n) is 22.2. The molecule has 0 bridgehead atoms. The first kappa shape index (κ1) is 29.3. The van der Waals surface area contributed by atoms with Gasteiger partial charge in [0.1, 0.15) is 30.0 Å². The standard InChI is InChI=1S/C28H26F5N4O5/c29-20-10-9-17(13-19(20)26(40)35-11-12-36(24(39)15-35)18-5-2-1-3-6-18)16-37(42-27(41)28(31,32)33)22-8-4-7-21(30)25(22)23(38)14-34-37/h4,7-10,13-14,18H,1-3,5-6,11-12,15-16H2/q+1. The van der Waals surface area contributed by atoms with Gasteiger partial charge in [0, 0.05) is 35.5 Å². The molecule has 14 heteroatoms. The minimum absolute atomic E-state index is 0.0244. The van der Waals surface area contributed by atoms with Crippen molar-refractivity contribution in [3.8, 4) is 0 Å². The molecular weight excluding hydrogens is 567 g/mol. The number of halogens is 5. The highest BCUT2D eigenvalue weighted by Crippen LogP contribution is 2.37. The first-order chi connectivity index (χ1) is 19.9. The van der Waals surface area contributed by atoms with Crippen LogP contribution < -0.4 is 4.76 Å². The van der Waals surface area contributed by atoms with E-state index in [1.165, 1.54) is 4.90 Å². The van der Waals surface area contributed by atoms with Crippen molar-refractivity contribution in [1.82, 2.24) is 14.6 Å². The molecule has 1 aliphatic carbocycles. The van der Waals surface area contributed by atoms with Crippen LogP contribution in [-0.2, 0) is 21.0 Å². The summed E-state index contributed by atoms with van der Waals surface area (Å²) < 4.78 is 67.6. The summed E-state index contributed by atoms with van der Waals surface area (Å²) in [6.45, 7) is -0.569. The van der Waals surface area contributed by atoms with E-state index in [1.54, 1.807) is 4.90 Å². The zero-order valence-corrected chi connectivity index (χ0v) is 22.2. The van der Waals surface area contributed by atoms with E-state index in [4.69, 9.17) is 4.84 Å². The Balaban J connectivity index is 1.44. The molecule has 2 fully saturated rings. The Morgan fingerprint density at radius 2 is 1.74 bits per heavy atom. The van der Waals surface area contributed by atoms with Gasteiger partial charge in [0.15, 0.2) is 6.54 Å². The number of hydrogen-bond donors (Lipinski definition) is 0. The number of amides is 2. The molecule has 2 aromatic carbocycles. The Morgan fingerprint density at radius 3 is 2.43 bits per heavy atom. The lowest BCUT2D eigenvalue weighted by Gasteiger charge is -2.40. The van der Waals surface area contributed by atoms with Crippen molar-refractivity contribution in [2.75, 3.05) is 19.6 Å². The lowest BCUT2D eigenvalue weighted by molar-refractivity contribution is -0.237. The van der Waals surface area contributed by atoms with Gasteiger partial charge >= 0.3 is 12.1 Å². The summed E-state index contributed by atoms with van der Waals surface area (Å²) in [5, 5.41) is 3.74. The second kappa shape index (κ2) is 11.2. The Bertz CT molecular complexity index is 1470. The lowest BCUT2D eigenvalue weighted by Crippen LogP contribution is -2.55. The Kier molecular flexibility index (Phi) is 7.84. The van der Waals surface area contributed by atoms with E-state index in [0.717, 1.165) is 68.5 Å². The summed E-state index contributed by atoms with van der Waals surface area (Å²) in [7, 11) is 0. The third-order valence-corrected chi connectivity index (χ3v) is 7.66. The topological polar surface area (TPSA) is 96.4 Å². The van der Waals surface area contributed by atoms with E-state index in [-0.39, 0.29) is 37.1 Å². The highest BCUT2D eigenvalue weighted by Gasteiger charge is 2.52. The molecule has 3 aliphatic rings. The largest absolute Gasteiger partial charge is 0.497 e. The van der Waals surface area contributed by atoms with Crippen molar-refractivity contribution >= 4 is 35.5 Å². The molecule has 0 radical (unpaired) electrons. The van der Waals surface area contributed by atoms with Gasteiger partial charge in [0.2, 0.25) is 17.4 Å². The molecule has 2 amide bonds. The molecule has 0 N–H and O–H groups in total. The van der Waals surface area contributed by atoms with Crippen LogP contribution in [-0.4, -0.2) is 71.4 Å². The maximum absolute atomic E-state index is 14.9. The molecule has 5 rings (SSSR count). The lowest BCUT2D eigenvalue weighted by atomic mass is 9.93. The van der Waals surface area contributed by atoms with Crippen LogP contribution in [0.15, 0.2) is 41.5 Å². The third kappa shape index (κ3) is 5.62. The maximum Gasteiger partial charge on any atom is 0.497 e. The van der Waals surface area contributed by atoms with Gasteiger partial charge in [0.05, 0.1) is 5.56 Å². The summed E-state index contributed by atoms with van der Waals surface area (Å²) in [6, 6.07) is 6.25. The number of piperazine rings is 1. The fraction of sp³-hybridized carbons (Fsp3) is 0.393. The van der Waals surface area contributed by atoms with Gasteiger partial charge in [-0.3, -0.25) is 14.4 Å². The number of fused-ring (bicyclic) bond motifs is 1. The number of alkyl halides is 3. The Morgan fingerprint density at radius 1 is 1.00 bits per heavy atom. The predicted molar refractivity (Wildman–Crippen MR) is 138 cm³/mol. The van der Waals surface area contributed by atoms with Crippen LogP contribution in [0.3, 0.4) is 0 Å². The number of hydroxylamine groups is 1. The highest BCUT2D eigenvalue weighted by atomic mass is 19.4. The van der Waals surface area contributed by atoms with E-state index >= 15 is 0 Å². The van der Waals surface area contributed by atoms with E-state index in [9.17, 15) is 41.1 Å². The second-order valence-corrected chi connectivity index (χ2v) is 10.4. The molecule has 1 atom stereocenters. The SMILES string of the molecule is O=C1C=N[N+](Cc2ccc(F)c(C(=O)N3CCN(C4CCCCC4)C(=O)C3)c2)(OC(=O)C(F)(F)F)c2cccc(F)c21. The van der Waals surface area contributed by atoms with Gasteiger partial charge in [-0.1, -0.05) is 31.4 Å². The van der Waals surface area contributed by atoms with Crippen molar-refractivity contribution in [2.45, 2.75) is 50.9 Å². The highest BCUT2D eigenvalue weighted by molar-refractivity contribution is 6.37. The van der Waals surface area contributed by atoms with Gasteiger partial charge in [0.25, 0.3) is 5.91 Å². The van der Waals surface area contributed by atoms with Crippen molar-refractivity contribution in [3.05, 3.63) is 64.7 Å². The first-order valence-electron chi connectivity index (χ1n) is 13.3. The molecule has 9 nitrogen and oxygen atoms in total. The van der Waals surface area contributed by atoms with Crippen molar-refractivity contribution in [2.24, 2.45) is 5.10 Å². The maximum atomic E-state index is 14.9. The fourth-order valence-electron chi connectivity index (χ4n) is 5.63. The minimum atomic E-state index is -5.47. The number of rotatable bonds is 5. The molecule has 2 aromatic rings. The third-order valence-electron chi connectivity index (χ3n) is 7.66. The van der Waals surface area contributed by atoms with Gasteiger partial charge < -0.3 is 9.80 Å². The van der Waals surface area contributed by atoms with E-state index in [2.05, 4.69) is 5.10 Å². The minimum Gasteiger partial charge on any atom is -0.336 e. The summed E-state index contributed by atoms with van der Waals surface area (Å²) >= 11 is 0. The Labute approximate surface area is 236 Å². The number of Topliss-reactive ketones (excluding diaryl/α,β-unsaturated/α-hetero) is 1. The number of carbonyl (C=O) groups excluding carboxylic acids is 4. The van der Waals surface area contributed by atoms with E-state index in [1.807, 2.05) is 0 Å². The molecular formula is C28H26F5N4O5+. The van der Waals surface area contributed by atoms with Crippen LogP contribution in [0.2, 0.25) is 0 Å². The summed E-state index contributed by atoms with van der Waals surface area (Å²) in [4.78, 5) is 58.2. The Hall–Kier alpha value is -4.20. The predicted octanol–water partition coefficient (Wildman–Crippen LogP) is 4.29. The first-order valence-corrected chi connectivity index (χ1v) is 13.3. The van der Waals surface area contributed by atoms with Gasteiger partial charge in [-0.2, -0.15) is 13.2 Å². The molecule has 2 aliphatic heterocycles. The van der Waals surface area contributed by atoms with Crippen LogP contribution in [0.4, 0.5) is 27.6 Å². The number of nitrogens with zero attached hydrogens (tertiary/aromatic N) is 4. The zero-order chi connectivity index (χ0) is 30.2. The fourth-order valence-corrected chi connectivity index (χ4v) is 5.63. The second-order valence-electron chi connectivity index (χ2n) is 10.4. The molecule has 1 saturated carbocycles. The molecule has 0 spiro atoms. The summed E-state index contributed by atoms with van der Waals surface area (Å²) in [5.74, 6) is -6.74. The number of quaternary nitrogens is 1. The average molecular weight is 594 g/mol. The van der Waals surface area contributed by atoms with Crippen LogP contribution in [0.1, 0.15) is 58.4 Å². The van der Waals surface area contributed by atoms with Crippen LogP contribution >= 0.6 is 0 Å². The normalized spacial score (nSPS) is 21.4. The van der Waals surface area contributed by atoms with Crippen molar-refractivity contribution < 1.29 is 46.0 Å². The van der Waals surface area contributed by atoms with E-state index < -0.39 is 63.6 Å². The van der Waals surface area contributed by atoms with Crippen molar-refractivity contribution in [3.63, 3.8) is 0 Å². The van der Waals surface area contributed by atoms with Crippen LogP contribution in [0.25, 0.3) is 0 Å². The monoisotopic (exact) mass is 593 g/mol. The van der Waals surface area contributed by atoms with Gasteiger partial charge in [-0.05, 0) is 36.1 Å². The number of benzene rings is 2. The molecule has 222 valence electrons. The van der Waals surface area contributed by atoms with E-state index in [0.29, 0.717) is 6.21 Å². The molecule has 1 unspecified atom stereocenters. The van der Waals surface area contributed by atoms with Gasteiger partial charge in [-0.15, -0.1) is 0 Å². The number of ketones is 1.